The van der Waals surface area contributed by atoms with Gasteiger partial charge in [0, 0.05) is 11.6 Å². The van der Waals surface area contributed by atoms with Gasteiger partial charge in [-0.05, 0) is 32.0 Å². The van der Waals surface area contributed by atoms with Crippen molar-refractivity contribution < 1.29 is 9.18 Å². The lowest BCUT2D eigenvalue weighted by Crippen LogP contribution is -2.13. The topological polar surface area (TPSA) is 47.8 Å². The first-order valence-electron chi connectivity index (χ1n) is 5.85. The molecule has 1 aromatic carbocycles. The number of hydrogen-bond donors (Lipinski definition) is 0. The van der Waals surface area contributed by atoms with Gasteiger partial charge in [-0.1, -0.05) is 11.6 Å². The Morgan fingerprint density at radius 1 is 1.47 bits per heavy atom. The van der Waals surface area contributed by atoms with Crippen molar-refractivity contribution in [3.8, 4) is 0 Å². The highest BCUT2D eigenvalue weighted by atomic mass is 35.5. The monoisotopic (exact) mass is 281 g/mol. The normalized spacial score (nSPS) is 11.0. The molecule has 0 aliphatic heterocycles. The molecule has 0 N–H and O–H groups in total. The Morgan fingerprint density at radius 2 is 2.21 bits per heavy atom. The van der Waals surface area contributed by atoms with E-state index in [0.717, 1.165) is 0 Å². The van der Waals surface area contributed by atoms with Gasteiger partial charge in [0.25, 0.3) is 0 Å². The average molecular weight is 282 g/mol. The van der Waals surface area contributed by atoms with E-state index in [1.807, 2.05) is 13.8 Å². The Bertz CT molecular complexity index is 610. The third-order valence-corrected chi connectivity index (χ3v) is 2.99. The minimum absolute atomic E-state index is 0.0591. The summed E-state index contributed by atoms with van der Waals surface area (Å²) in [5, 5.41) is 4.00. The van der Waals surface area contributed by atoms with Crippen LogP contribution in [0.1, 0.15) is 36.1 Å². The molecule has 0 saturated heterocycles. The van der Waals surface area contributed by atoms with Crippen LogP contribution in [0.2, 0.25) is 5.02 Å². The van der Waals surface area contributed by atoms with Crippen LogP contribution in [-0.2, 0) is 6.42 Å². The fourth-order valence-electron chi connectivity index (χ4n) is 1.75. The lowest BCUT2D eigenvalue weighted by Gasteiger charge is -2.08. The second-order valence-corrected chi connectivity index (χ2v) is 4.85. The molecule has 1 heterocycles. The number of Topliss-reactive ketones (excluding diaryl/α,β-unsaturated/α-hetero) is 1. The molecule has 6 heteroatoms. The zero-order chi connectivity index (χ0) is 14.0. The number of carbonyl (C=O) groups is 1. The largest absolute Gasteiger partial charge is 0.294 e. The number of rotatable bonds is 4. The Hall–Kier alpha value is -1.75. The summed E-state index contributed by atoms with van der Waals surface area (Å²) in [5.74, 6) is -0.124. The fraction of sp³-hybridized carbons (Fsp3) is 0.308. The summed E-state index contributed by atoms with van der Waals surface area (Å²) in [7, 11) is 0. The minimum Gasteiger partial charge on any atom is -0.294 e. The van der Waals surface area contributed by atoms with Crippen molar-refractivity contribution in [1.82, 2.24) is 14.8 Å². The molecule has 0 spiro atoms. The summed E-state index contributed by atoms with van der Waals surface area (Å²) >= 11 is 5.66. The van der Waals surface area contributed by atoms with Gasteiger partial charge < -0.3 is 0 Å². The average Bonchev–Trinajstić information content (AvgIpc) is 2.80. The lowest BCUT2D eigenvalue weighted by molar-refractivity contribution is 0.0989. The molecule has 0 atom stereocenters. The molecular weight excluding hydrogens is 269 g/mol. The maximum atomic E-state index is 13.0. The van der Waals surface area contributed by atoms with Crippen LogP contribution in [0.25, 0.3) is 0 Å². The summed E-state index contributed by atoms with van der Waals surface area (Å²) in [6, 6.07) is 4.06. The predicted molar refractivity (Wildman–Crippen MR) is 69.9 cm³/mol. The third-order valence-electron chi connectivity index (χ3n) is 2.70. The highest BCUT2D eigenvalue weighted by Crippen LogP contribution is 2.17. The Balaban J connectivity index is 2.21. The summed E-state index contributed by atoms with van der Waals surface area (Å²) in [5.41, 5.74) is 0.365. The van der Waals surface area contributed by atoms with E-state index < -0.39 is 5.82 Å². The summed E-state index contributed by atoms with van der Waals surface area (Å²) in [6.07, 6.45) is 1.53. The highest BCUT2D eigenvalue weighted by Gasteiger charge is 2.14. The molecule has 0 bridgehead atoms. The number of nitrogens with zero attached hydrogens (tertiary/aromatic N) is 3. The van der Waals surface area contributed by atoms with Crippen molar-refractivity contribution in [2.45, 2.75) is 26.3 Å². The number of halogens is 2. The van der Waals surface area contributed by atoms with Crippen LogP contribution in [0, 0.1) is 5.82 Å². The van der Waals surface area contributed by atoms with Gasteiger partial charge in [0.15, 0.2) is 5.78 Å². The van der Waals surface area contributed by atoms with E-state index in [2.05, 4.69) is 10.1 Å². The molecule has 0 radical (unpaired) electrons. The molecule has 2 aromatic rings. The van der Waals surface area contributed by atoms with Crippen LogP contribution in [-0.4, -0.2) is 20.5 Å². The SMILES string of the molecule is CC(C)n1ncnc1CC(=O)c1ccc(F)c(Cl)c1. The van der Waals surface area contributed by atoms with E-state index in [0.29, 0.717) is 11.4 Å². The lowest BCUT2D eigenvalue weighted by atomic mass is 10.1. The maximum absolute atomic E-state index is 13.0. The van der Waals surface area contributed by atoms with Crippen molar-refractivity contribution >= 4 is 17.4 Å². The van der Waals surface area contributed by atoms with Crippen molar-refractivity contribution in [3.63, 3.8) is 0 Å². The van der Waals surface area contributed by atoms with Crippen LogP contribution in [0.5, 0.6) is 0 Å². The first kappa shape index (κ1) is 13.7. The van der Waals surface area contributed by atoms with Gasteiger partial charge in [-0.2, -0.15) is 5.10 Å². The maximum Gasteiger partial charge on any atom is 0.170 e. The summed E-state index contributed by atoms with van der Waals surface area (Å²) < 4.78 is 14.7. The predicted octanol–water partition coefficient (Wildman–Crippen LogP) is 3.08. The number of carbonyl (C=O) groups excluding carboxylic acids is 1. The van der Waals surface area contributed by atoms with Crippen LogP contribution in [0.3, 0.4) is 0 Å². The zero-order valence-corrected chi connectivity index (χ0v) is 11.4. The Labute approximate surface area is 115 Å². The number of aromatic nitrogens is 3. The third kappa shape index (κ3) is 2.98. The van der Waals surface area contributed by atoms with Crippen LogP contribution < -0.4 is 0 Å². The first-order chi connectivity index (χ1) is 8.99. The second-order valence-electron chi connectivity index (χ2n) is 4.44. The number of benzene rings is 1. The van der Waals surface area contributed by atoms with Crippen molar-refractivity contribution in [1.29, 1.82) is 0 Å². The second kappa shape index (κ2) is 5.48. The van der Waals surface area contributed by atoms with E-state index in [-0.39, 0.29) is 23.3 Å². The molecule has 0 fully saturated rings. The molecule has 1 aromatic heterocycles. The molecule has 0 aliphatic rings. The molecule has 19 heavy (non-hydrogen) atoms. The number of hydrogen-bond acceptors (Lipinski definition) is 3. The van der Waals surface area contributed by atoms with E-state index in [1.54, 1.807) is 4.68 Å². The van der Waals surface area contributed by atoms with E-state index in [4.69, 9.17) is 11.6 Å². The smallest absolute Gasteiger partial charge is 0.170 e. The van der Waals surface area contributed by atoms with Gasteiger partial charge in [-0.25, -0.2) is 14.1 Å². The van der Waals surface area contributed by atoms with Gasteiger partial charge in [0.05, 0.1) is 11.4 Å². The van der Waals surface area contributed by atoms with Crippen molar-refractivity contribution in [2.75, 3.05) is 0 Å². The molecule has 4 nitrogen and oxygen atoms in total. The van der Waals surface area contributed by atoms with Crippen LogP contribution in [0.15, 0.2) is 24.5 Å². The van der Waals surface area contributed by atoms with Gasteiger partial charge in [-0.3, -0.25) is 4.79 Å². The van der Waals surface area contributed by atoms with E-state index in [9.17, 15) is 9.18 Å². The molecule has 2 rings (SSSR count). The standard InChI is InChI=1S/C13H13ClFN3O/c1-8(2)18-13(16-7-17-18)6-12(19)9-3-4-11(15)10(14)5-9/h3-5,7-8H,6H2,1-2H3. The van der Waals surface area contributed by atoms with E-state index >= 15 is 0 Å². The van der Waals surface area contributed by atoms with Gasteiger partial charge in [-0.15, -0.1) is 0 Å². The first-order valence-corrected chi connectivity index (χ1v) is 6.23. The highest BCUT2D eigenvalue weighted by molar-refractivity contribution is 6.31. The summed E-state index contributed by atoms with van der Waals surface area (Å²) in [4.78, 5) is 16.2. The molecule has 100 valence electrons. The molecule has 0 amide bonds. The van der Waals surface area contributed by atoms with E-state index in [1.165, 1.54) is 24.5 Å². The Kier molecular flexibility index (Phi) is 3.95. The Morgan fingerprint density at radius 3 is 2.84 bits per heavy atom. The van der Waals surface area contributed by atoms with Crippen LogP contribution in [0.4, 0.5) is 4.39 Å². The molecular formula is C13H13ClFN3O. The van der Waals surface area contributed by atoms with Gasteiger partial charge in [0.2, 0.25) is 0 Å². The zero-order valence-electron chi connectivity index (χ0n) is 10.6. The fourth-order valence-corrected chi connectivity index (χ4v) is 1.93. The molecule has 0 unspecified atom stereocenters. The van der Waals surface area contributed by atoms with Crippen molar-refractivity contribution in [2.24, 2.45) is 0 Å². The van der Waals surface area contributed by atoms with Gasteiger partial charge in [0.1, 0.15) is 18.0 Å². The van der Waals surface area contributed by atoms with Crippen molar-refractivity contribution in [3.05, 3.63) is 46.8 Å². The quantitative estimate of drug-likeness (QED) is 0.809. The molecule has 0 saturated carbocycles. The number of ketones is 1. The molecule has 0 aliphatic carbocycles. The van der Waals surface area contributed by atoms with Crippen LogP contribution >= 0.6 is 11.6 Å². The summed E-state index contributed by atoms with van der Waals surface area (Å²) in [6.45, 7) is 3.91. The minimum atomic E-state index is -0.538. The van der Waals surface area contributed by atoms with Gasteiger partial charge >= 0.3 is 0 Å².